The zero-order chi connectivity index (χ0) is 23.4. The number of pyridine rings is 1. The summed E-state index contributed by atoms with van der Waals surface area (Å²) in [6, 6.07) is 19.2. The number of carbonyl (C=O) groups is 1. The summed E-state index contributed by atoms with van der Waals surface area (Å²) in [5.41, 5.74) is 7.61. The second kappa shape index (κ2) is 9.48. The van der Waals surface area contributed by atoms with Crippen LogP contribution in [-0.2, 0) is 16.1 Å². The van der Waals surface area contributed by atoms with Crippen LogP contribution in [0.1, 0.15) is 31.3 Å². The summed E-state index contributed by atoms with van der Waals surface area (Å²) in [4.78, 5) is 12.7. The number of aromatic nitrogens is 3. The molecular weight excluding hydrogens is 421 g/mol. The molecule has 0 saturated carbocycles. The van der Waals surface area contributed by atoms with Crippen molar-refractivity contribution < 1.29 is 13.9 Å². The first-order valence-electron chi connectivity index (χ1n) is 10.6. The molecule has 2 aromatic heterocycles. The number of halogens is 1. The van der Waals surface area contributed by atoms with Crippen LogP contribution < -0.4 is 11.1 Å². The molecule has 7 nitrogen and oxygen atoms in total. The predicted octanol–water partition coefficient (Wildman–Crippen LogP) is 3.65. The number of fused-ring (bicyclic) bond motifs is 1. The van der Waals surface area contributed by atoms with Gasteiger partial charge in [0, 0.05) is 17.3 Å². The van der Waals surface area contributed by atoms with Crippen LogP contribution in [0.25, 0.3) is 16.8 Å². The van der Waals surface area contributed by atoms with Gasteiger partial charge in [0.2, 0.25) is 5.91 Å². The van der Waals surface area contributed by atoms with Crippen LogP contribution in [0.2, 0.25) is 0 Å². The van der Waals surface area contributed by atoms with Crippen LogP contribution in [-0.4, -0.2) is 32.7 Å². The van der Waals surface area contributed by atoms with E-state index in [1.807, 2.05) is 30.3 Å². The van der Waals surface area contributed by atoms with E-state index < -0.39 is 11.6 Å². The number of carbonyl (C=O) groups excluding carboxylic acids is 1. The number of hydrogen-bond acceptors (Lipinski definition) is 5. The molecule has 0 unspecified atom stereocenters. The Kier molecular flexibility index (Phi) is 6.48. The molecule has 1 atom stereocenters. The second-order valence-corrected chi connectivity index (χ2v) is 8.43. The average Bonchev–Trinajstić information content (AvgIpc) is 3.22. The smallest absolute Gasteiger partial charge is 0.240 e. The van der Waals surface area contributed by atoms with E-state index in [0.717, 1.165) is 5.56 Å². The number of ether oxygens (including phenoxy) is 1. The second-order valence-electron chi connectivity index (χ2n) is 8.43. The minimum absolute atomic E-state index is 0.154. The molecule has 8 heteroatoms. The average molecular weight is 448 g/mol. The van der Waals surface area contributed by atoms with Crippen molar-refractivity contribution in [2.45, 2.75) is 32.0 Å². The van der Waals surface area contributed by atoms with Gasteiger partial charge in [-0.15, -0.1) is 10.2 Å². The SMILES string of the molecule is CC(C)(N)C(=O)N[C@H](COCc1ccccc1)c1nnc2ccc(-c3ccccc3F)cn12. The third-order valence-corrected chi connectivity index (χ3v) is 5.21. The Morgan fingerprint density at radius 1 is 1.09 bits per heavy atom. The first kappa shape index (κ1) is 22.6. The number of nitrogens with one attached hydrogen (secondary N) is 1. The van der Waals surface area contributed by atoms with E-state index in [1.54, 1.807) is 54.8 Å². The van der Waals surface area contributed by atoms with Gasteiger partial charge >= 0.3 is 0 Å². The van der Waals surface area contributed by atoms with Gasteiger partial charge in [-0.25, -0.2) is 4.39 Å². The summed E-state index contributed by atoms with van der Waals surface area (Å²) in [6.07, 6.45) is 1.76. The van der Waals surface area contributed by atoms with Crippen molar-refractivity contribution in [2.24, 2.45) is 5.73 Å². The maximum Gasteiger partial charge on any atom is 0.240 e. The number of nitrogens with zero attached hydrogens (tertiary/aromatic N) is 3. The van der Waals surface area contributed by atoms with Crippen molar-refractivity contribution in [3.8, 4) is 11.1 Å². The standard InChI is InChI=1S/C25H26FN5O2/c1-25(2,27)24(32)28-21(16-33-15-17-8-4-3-5-9-17)23-30-29-22-13-12-18(14-31(22)23)19-10-6-7-11-20(19)26/h3-14,21H,15-16,27H2,1-2H3,(H,28,32)/t21-/m1/s1. The molecule has 1 amide bonds. The molecular formula is C25H26FN5O2. The lowest BCUT2D eigenvalue weighted by Gasteiger charge is -2.23. The molecule has 0 bridgehead atoms. The van der Waals surface area contributed by atoms with Gasteiger partial charge in [0.25, 0.3) is 0 Å². The van der Waals surface area contributed by atoms with E-state index in [2.05, 4.69) is 15.5 Å². The number of benzene rings is 2. The molecule has 0 aliphatic carbocycles. The van der Waals surface area contributed by atoms with Crippen LogP contribution in [0, 0.1) is 5.82 Å². The van der Waals surface area contributed by atoms with Gasteiger partial charge < -0.3 is 15.8 Å². The zero-order valence-corrected chi connectivity index (χ0v) is 18.5. The maximum atomic E-state index is 14.4. The lowest BCUT2D eigenvalue weighted by molar-refractivity contribution is -0.126. The summed E-state index contributed by atoms with van der Waals surface area (Å²) < 4.78 is 22.0. The minimum Gasteiger partial charge on any atom is -0.374 e. The normalized spacial score (nSPS) is 12.6. The third-order valence-electron chi connectivity index (χ3n) is 5.21. The van der Waals surface area contributed by atoms with E-state index in [4.69, 9.17) is 10.5 Å². The summed E-state index contributed by atoms with van der Waals surface area (Å²) in [5, 5.41) is 11.4. The fourth-order valence-electron chi connectivity index (χ4n) is 3.39. The van der Waals surface area contributed by atoms with Crippen molar-refractivity contribution in [3.63, 3.8) is 0 Å². The maximum absolute atomic E-state index is 14.4. The molecule has 3 N–H and O–H groups in total. The lowest BCUT2D eigenvalue weighted by Crippen LogP contribution is -2.50. The van der Waals surface area contributed by atoms with Gasteiger partial charge in [-0.1, -0.05) is 48.5 Å². The topological polar surface area (TPSA) is 94.5 Å². The number of rotatable bonds is 8. The highest BCUT2D eigenvalue weighted by atomic mass is 19.1. The van der Waals surface area contributed by atoms with Crippen molar-refractivity contribution in [3.05, 3.63) is 90.1 Å². The highest BCUT2D eigenvalue weighted by molar-refractivity contribution is 5.85. The number of hydrogen-bond donors (Lipinski definition) is 2. The van der Waals surface area contributed by atoms with Crippen LogP contribution in [0.4, 0.5) is 4.39 Å². The molecule has 4 aromatic rings. The summed E-state index contributed by atoms with van der Waals surface area (Å²) in [7, 11) is 0. The third kappa shape index (κ3) is 5.24. The molecule has 4 rings (SSSR count). The fraction of sp³-hybridized carbons (Fsp3) is 0.240. The van der Waals surface area contributed by atoms with Crippen LogP contribution >= 0.6 is 0 Å². The van der Waals surface area contributed by atoms with E-state index in [1.165, 1.54) is 6.07 Å². The molecule has 0 fully saturated rings. The minimum atomic E-state index is -1.09. The molecule has 2 heterocycles. The molecule has 0 radical (unpaired) electrons. The molecule has 33 heavy (non-hydrogen) atoms. The van der Waals surface area contributed by atoms with Crippen molar-refractivity contribution >= 4 is 11.6 Å². The highest BCUT2D eigenvalue weighted by Gasteiger charge is 2.28. The Morgan fingerprint density at radius 3 is 2.55 bits per heavy atom. The van der Waals surface area contributed by atoms with Gasteiger partial charge in [-0.3, -0.25) is 9.20 Å². The van der Waals surface area contributed by atoms with Gasteiger partial charge in [0.15, 0.2) is 11.5 Å². The fourth-order valence-corrected chi connectivity index (χ4v) is 3.39. The largest absolute Gasteiger partial charge is 0.374 e. The number of amides is 1. The molecule has 0 aliphatic rings. The van der Waals surface area contributed by atoms with E-state index in [9.17, 15) is 9.18 Å². The summed E-state index contributed by atoms with van der Waals surface area (Å²) in [6.45, 7) is 3.78. The first-order chi connectivity index (χ1) is 15.8. The Morgan fingerprint density at radius 2 is 1.82 bits per heavy atom. The Labute approximate surface area is 191 Å². The van der Waals surface area contributed by atoms with Crippen LogP contribution in [0.5, 0.6) is 0 Å². The Balaban J connectivity index is 1.66. The molecule has 0 saturated heterocycles. The van der Waals surface area contributed by atoms with Gasteiger partial charge in [0.05, 0.1) is 18.8 Å². The van der Waals surface area contributed by atoms with Crippen molar-refractivity contribution in [1.82, 2.24) is 19.9 Å². The van der Waals surface area contributed by atoms with Gasteiger partial charge in [0.1, 0.15) is 11.9 Å². The van der Waals surface area contributed by atoms with E-state index in [0.29, 0.717) is 29.2 Å². The molecule has 0 spiro atoms. The summed E-state index contributed by atoms with van der Waals surface area (Å²) in [5.74, 6) is -0.209. The van der Waals surface area contributed by atoms with Crippen molar-refractivity contribution in [1.29, 1.82) is 0 Å². The Hall–Kier alpha value is -3.62. The summed E-state index contributed by atoms with van der Waals surface area (Å²) >= 11 is 0. The van der Waals surface area contributed by atoms with E-state index >= 15 is 0 Å². The van der Waals surface area contributed by atoms with Gasteiger partial charge in [-0.2, -0.15) is 0 Å². The molecule has 0 aliphatic heterocycles. The quantitative estimate of drug-likeness (QED) is 0.430. The zero-order valence-electron chi connectivity index (χ0n) is 18.5. The highest BCUT2D eigenvalue weighted by Crippen LogP contribution is 2.24. The van der Waals surface area contributed by atoms with Crippen LogP contribution in [0.15, 0.2) is 72.9 Å². The van der Waals surface area contributed by atoms with Crippen LogP contribution in [0.3, 0.4) is 0 Å². The first-order valence-corrected chi connectivity index (χ1v) is 10.6. The monoisotopic (exact) mass is 447 g/mol. The molecule has 170 valence electrons. The lowest BCUT2D eigenvalue weighted by atomic mass is 10.1. The number of nitrogens with two attached hydrogens (primary N) is 1. The van der Waals surface area contributed by atoms with Crippen molar-refractivity contribution in [2.75, 3.05) is 6.61 Å². The Bertz CT molecular complexity index is 1250. The van der Waals surface area contributed by atoms with Gasteiger partial charge in [-0.05, 0) is 37.6 Å². The van der Waals surface area contributed by atoms with E-state index in [-0.39, 0.29) is 18.3 Å². The molecule has 2 aromatic carbocycles. The predicted molar refractivity (Wildman–Crippen MR) is 124 cm³/mol.